The zero-order chi connectivity index (χ0) is 13.8. The molecule has 100 valence electrons. The number of likely N-dealkylation sites (N-methyl/N-ethyl adjacent to an activating group) is 1. The van der Waals surface area contributed by atoms with Gasteiger partial charge < -0.3 is 15.6 Å². The molecule has 1 aromatic heterocycles. The molecule has 0 saturated heterocycles. The lowest BCUT2D eigenvalue weighted by Crippen LogP contribution is -2.31. The molecule has 1 aromatic carbocycles. The Hall–Kier alpha value is -1.92. The van der Waals surface area contributed by atoms with E-state index >= 15 is 0 Å². The first kappa shape index (κ1) is 13.5. The molecular formula is C12H13ClN4O2. The Morgan fingerprint density at radius 2 is 2.26 bits per heavy atom. The largest absolute Gasteiger partial charge is 0.358 e. The van der Waals surface area contributed by atoms with Crippen molar-refractivity contribution < 1.29 is 4.79 Å². The van der Waals surface area contributed by atoms with Crippen LogP contribution in [0.15, 0.2) is 23.0 Å². The smallest absolute Gasteiger partial charge is 0.258 e. The van der Waals surface area contributed by atoms with E-state index < -0.39 is 0 Å². The number of nitrogens with one attached hydrogen (secondary N) is 3. The van der Waals surface area contributed by atoms with E-state index in [2.05, 4.69) is 20.6 Å². The van der Waals surface area contributed by atoms with E-state index in [4.69, 9.17) is 11.6 Å². The van der Waals surface area contributed by atoms with Gasteiger partial charge in [-0.1, -0.05) is 11.6 Å². The molecule has 1 amide bonds. The van der Waals surface area contributed by atoms with E-state index in [1.165, 1.54) is 0 Å². The minimum Gasteiger partial charge on any atom is -0.358 e. The van der Waals surface area contributed by atoms with Gasteiger partial charge in [0.1, 0.15) is 5.82 Å². The van der Waals surface area contributed by atoms with Gasteiger partial charge in [-0.2, -0.15) is 0 Å². The Labute approximate surface area is 114 Å². The van der Waals surface area contributed by atoms with Crippen LogP contribution in [0.25, 0.3) is 10.9 Å². The Kier molecular flexibility index (Phi) is 4.13. The van der Waals surface area contributed by atoms with E-state index in [0.29, 0.717) is 28.3 Å². The van der Waals surface area contributed by atoms with Gasteiger partial charge >= 0.3 is 0 Å². The summed E-state index contributed by atoms with van der Waals surface area (Å²) in [5.74, 6) is 0.329. The molecule has 1 heterocycles. The molecule has 0 unspecified atom stereocenters. The molecule has 19 heavy (non-hydrogen) atoms. The van der Waals surface area contributed by atoms with Crippen molar-refractivity contribution in [1.82, 2.24) is 20.6 Å². The van der Waals surface area contributed by atoms with Gasteiger partial charge in [-0.25, -0.2) is 4.98 Å². The monoisotopic (exact) mass is 280 g/mol. The van der Waals surface area contributed by atoms with E-state index in [0.717, 1.165) is 0 Å². The third kappa shape index (κ3) is 3.30. The van der Waals surface area contributed by atoms with Crippen molar-refractivity contribution >= 4 is 28.4 Å². The third-order valence-corrected chi connectivity index (χ3v) is 2.81. The van der Waals surface area contributed by atoms with Gasteiger partial charge in [0.25, 0.3) is 5.56 Å². The zero-order valence-corrected chi connectivity index (χ0v) is 11.0. The van der Waals surface area contributed by atoms with Crippen LogP contribution in [0.1, 0.15) is 5.82 Å². The number of fused-ring (bicyclic) bond motifs is 1. The van der Waals surface area contributed by atoms with E-state index in [-0.39, 0.29) is 18.0 Å². The van der Waals surface area contributed by atoms with Crippen LogP contribution in [0.2, 0.25) is 5.02 Å². The molecular weight excluding hydrogens is 268 g/mol. The second-order valence-electron chi connectivity index (χ2n) is 3.95. The summed E-state index contributed by atoms with van der Waals surface area (Å²) >= 11 is 5.87. The maximum absolute atomic E-state index is 11.8. The van der Waals surface area contributed by atoms with E-state index in [1.54, 1.807) is 25.2 Å². The van der Waals surface area contributed by atoms with Crippen LogP contribution in [0, 0.1) is 0 Å². The Morgan fingerprint density at radius 3 is 3.00 bits per heavy atom. The number of halogens is 1. The van der Waals surface area contributed by atoms with Gasteiger partial charge in [0.15, 0.2) is 0 Å². The van der Waals surface area contributed by atoms with E-state index in [1.807, 2.05) is 0 Å². The summed E-state index contributed by atoms with van der Waals surface area (Å²) in [6, 6.07) is 4.91. The summed E-state index contributed by atoms with van der Waals surface area (Å²) in [6.45, 7) is 0.457. The highest BCUT2D eigenvalue weighted by Crippen LogP contribution is 2.14. The highest BCUT2D eigenvalue weighted by molar-refractivity contribution is 6.31. The number of rotatable bonds is 4. The molecule has 0 saturated carbocycles. The van der Waals surface area contributed by atoms with Crippen LogP contribution >= 0.6 is 11.6 Å². The van der Waals surface area contributed by atoms with Gasteiger partial charge in [-0.05, 0) is 18.2 Å². The van der Waals surface area contributed by atoms with Gasteiger partial charge in [0.2, 0.25) is 5.91 Å². The number of hydrogen-bond donors (Lipinski definition) is 3. The van der Waals surface area contributed by atoms with Crippen molar-refractivity contribution in [2.45, 2.75) is 6.54 Å². The average molecular weight is 281 g/mol. The highest BCUT2D eigenvalue weighted by Gasteiger charge is 2.05. The van der Waals surface area contributed by atoms with Gasteiger partial charge in [-0.15, -0.1) is 0 Å². The molecule has 0 bridgehead atoms. The molecule has 0 fully saturated rings. The SMILES string of the molecule is CNC(=O)CNCc1nc2cc(Cl)ccc2c(=O)[nH]1. The fourth-order valence-corrected chi connectivity index (χ4v) is 1.79. The van der Waals surface area contributed by atoms with Crippen LogP contribution < -0.4 is 16.2 Å². The molecule has 0 aliphatic rings. The van der Waals surface area contributed by atoms with E-state index in [9.17, 15) is 9.59 Å². The lowest BCUT2D eigenvalue weighted by Gasteiger charge is -2.05. The van der Waals surface area contributed by atoms with Gasteiger partial charge in [0.05, 0.1) is 24.0 Å². The number of carbonyl (C=O) groups is 1. The molecule has 3 N–H and O–H groups in total. The number of H-pyrrole nitrogens is 1. The summed E-state index contributed by atoms with van der Waals surface area (Å²) in [6.07, 6.45) is 0. The second kappa shape index (κ2) is 5.81. The lowest BCUT2D eigenvalue weighted by molar-refractivity contribution is -0.119. The van der Waals surface area contributed by atoms with Crippen molar-refractivity contribution in [2.75, 3.05) is 13.6 Å². The number of benzene rings is 1. The molecule has 0 aliphatic heterocycles. The Bertz CT molecular complexity index is 668. The molecule has 2 aromatic rings. The Balaban J connectivity index is 2.20. The topological polar surface area (TPSA) is 86.9 Å². The molecule has 0 aliphatic carbocycles. The standard InChI is InChI=1S/C12H13ClN4O2/c1-14-11(18)6-15-5-10-16-9-4-7(13)2-3-8(9)12(19)17-10/h2-4,15H,5-6H2,1H3,(H,14,18)(H,16,17,19). The van der Waals surface area contributed by atoms with Crippen LogP contribution in [-0.4, -0.2) is 29.5 Å². The first-order valence-corrected chi connectivity index (χ1v) is 6.07. The summed E-state index contributed by atoms with van der Waals surface area (Å²) in [7, 11) is 1.56. The van der Waals surface area contributed by atoms with Crippen LogP contribution in [-0.2, 0) is 11.3 Å². The minimum atomic E-state index is -0.224. The van der Waals surface area contributed by atoms with Crippen molar-refractivity contribution in [3.63, 3.8) is 0 Å². The fourth-order valence-electron chi connectivity index (χ4n) is 1.63. The number of aromatic amines is 1. The first-order chi connectivity index (χ1) is 9.10. The molecule has 0 radical (unpaired) electrons. The van der Waals surface area contributed by atoms with Crippen LogP contribution in [0.4, 0.5) is 0 Å². The summed E-state index contributed by atoms with van der Waals surface area (Å²) < 4.78 is 0. The van der Waals surface area contributed by atoms with Crippen molar-refractivity contribution in [2.24, 2.45) is 0 Å². The maximum atomic E-state index is 11.8. The predicted molar refractivity (Wildman–Crippen MR) is 73.1 cm³/mol. The predicted octanol–water partition coefficient (Wildman–Crippen LogP) is 0.412. The number of hydrogen-bond acceptors (Lipinski definition) is 4. The van der Waals surface area contributed by atoms with Gasteiger partial charge in [-0.3, -0.25) is 9.59 Å². The van der Waals surface area contributed by atoms with Crippen molar-refractivity contribution in [3.8, 4) is 0 Å². The number of carbonyl (C=O) groups excluding carboxylic acids is 1. The summed E-state index contributed by atoms with van der Waals surface area (Å²) in [5.41, 5.74) is 0.311. The second-order valence-corrected chi connectivity index (χ2v) is 4.39. The van der Waals surface area contributed by atoms with Crippen LogP contribution in [0.5, 0.6) is 0 Å². The molecule has 7 heteroatoms. The fraction of sp³-hybridized carbons (Fsp3) is 0.250. The number of amides is 1. The lowest BCUT2D eigenvalue weighted by atomic mass is 10.2. The average Bonchev–Trinajstić information content (AvgIpc) is 2.38. The minimum absolute atomic E-state index is 0.133. The first-order valence-electron chi connectivity index (χ1n) is 5.70. The van der Waals surface area contributed by atoms with Crippen molar-refractivity contribution in [3.05, 3.63) is 39.4 Å². The summed E-state index contributed by atoms with van der Waals surface area (Å²) in [5, 5.41) is 6.38. The van der Waals surface area contributed by atoms with Gasteiger partial charge in [0, 0.05) is 12.1 Å². The Morgan fingerprint density at radius 1 is 1.47 bits per heavy atom. The van der Waals surface area contributed by atoms with Crippen LogP contribution in [0.3, 0.4) is 0 Å². The number of aromatic nitrogens is 2. The molecule has 0 spiro atoms. The maximum Gasteiger partial charge on any atom is 0.258 e. The highest BCUT2D eigenvalue weighted by atomic mass is 35.5. The molecule has 2 rings (SSSR count). The summed E-state index contributed by atoms with van der Waals surface area (Å²) in [4.78, 5) is 29.8. The van der Waals surface area contributed by atoms with Crippen molar-refractivity contribution in [1.29, 1.82) is 0 Å². The molecule has 6 nitrogen and oxygen atoms in total. The molecule has 0 atom stereocenters. The third-order valence-electron chi connectivity index (χ3n) is 2.57. The quantitative estimate of drug-likeness (QED) is 0.757. The zero-order valence-electron chi connectivity index (χ0n) is 10.3. The number of nitrogens with zero attached hydrogens (tertiary/aromatic N) is 1. The normalized spacial score (nSPS) is 10.6.